The number of nitrogens with zero attached hydrogens (tertiary/aromatic N) is 3. The Kier molecular flexibility index (Phi) is 4.83. The van der Waals surface area contributed by atoms with E-state index in [0.29, 0.717) is 6.54 Å². The molecule has 5 heteroatoms. The summed E-state index contributed by atoms with van der Waals surface area (Å²) in [4.78, 5) is 2.16. The van der Waals surface area contributed by atoms with E-state index in [-0.39, 0.29) is 23.8 Å². The molecule has 0 saturated carbocycles. The van der Waals surface area contributed by atoms with Gasteiger partial charge in [0.15, 0.2) is 0 Å². The van der Waals surface area contributed by atoms with Crippen LogP contribution in [0.1, 0.15) is 45.8 Å². The summed E-state index contributed by atoms with van der Waals surface area (Å²) in [6.45, 7) is 1.34. The van der Waals surface area contributed by atoms with Crippen molar-refractivity contribution in [1.82, 2.24) is 4.90 Å². The predicted octanol–water partition coefficient (Wildman–Crippen LogP) is 5.84. The molecule has 2 aliphatic rings. The first-order chi connectivity index (χ1) is 14.6. The van der Waals surface area contributed by atoms with Crippen molar-refractivity contribution < 1.29 is 4.39 Å². The van der Waals surface area contributed by atoms with Crippen LogP contribution in [0.2, 0.25) is 0 Å². The largest absolute Gasteiger partial charge is 0.377 e. The Morgan fingerprint density at radius 1 is 1.00 bits per heavy atom. The summed E-state index contributed by atoms with van der Waals surface area (Å²) in [6, 6.07) is 22.2. The first-order valence-corrected chi connectivity index (χ1v) is 10.3. The molecule has 3 aromatic rings. The second-order valence-corrected chi connectivity index (χ2v) is 8.42. The molecule has 2 heterocycles. The van der Waals surface area contributed by atoms with Crippen molar-refractivity contribution in [2.45, 2.75) is 31.1 Å². The number of benzene rings is 3. The molecule has 0 radical (unpaired) electrons. The van der Waals surface area contributed by atoms with Gasteiger partial charge in [0.2, 0.25) is 0 Å². The van der Waals surface area contributed by atoms with Gasteiger partial charge in [-0.05, 0) is 48.5 Å². The molecule has 0 fully saturated rings. The highest BCUT2D eigenvalue weighted by Gasteiger charge is 2.41. The fourth-order valence-electron chi connectivity index (χ4n) is 4.76. The third-order valence-corrected chi connectivity index (χ3v) is 6.01. The molecule has 1 N–H and O–H groups in total. The van der Waals surface area contributed by atoms with E-state index >= 15 is 0 Å². The van der Waals surface area contributed by atoms with Crippen LogP contribution in [-0.2, 0) is 13.1 Å². The molecule has 2 aliphatic heterocycles. The van der Waals surface area contributed by atoms with E-state index in [9.17, 15) is 4.39 Å². The molecule has 152 valence electrons. The maximum Gasteiger partial charge on any atom is 0.125 e. The number of hydrogen-bond acceptors (Lipinski definition) is 4. The van der Waals surface area contributed by atoms with Gasteiger partial charge in [0.25, 0.3) is 0 Å². The Bertz CT molecular complexity index is 1080. The van der Waals surface area contributed by atoms with E-state index in [4.69, 9.17) is 0 Å². The summed E-state index contributed by atoms with van der Waals surface area (Å²) in [6.07, 6.45) is 0. The van der Waals surface area contributed by atoms with Crippen molar-refractivity contribution in [2.75, 3.05) is 19.4 Å². The normalized spacial score (nSPS) is 21.9. The quantitative estimate of drug-likeness (QED) is 0.597. The van der Waals surface area contributed by atoms with Gasteiger partial charge in [0.1, 0.15) is 11.9 Å². The van der Waals surface area contributed by atoms with Crippen LogP contribution in [0.4, 0.5) is 10.1 Å². The molecular formula is C25H25FN4. The first-order valence-electron chi connectivity index (χ1n) is 10.3. The van der Waals surface area contributed by atoms with Crippen molar-refractivity contribution in [2.24, 2.45) is 10.2 Å². The van der Waals surface area contributed by atoms with Gasteiger partial charge >= 0.3 is 0 Å². The SMILES string of the molecule is CN(C)Cc1ccc(C2C3N=NCc4cc(F)cc(c43)NC2c2ccccc2)cc1. The zero-order valence-corrected chi connectivity index (χ0v) is 17.2. The fourth-order valence-corrected chi connectivity index (χ4v) is 4.76. The average molecular weight is 401 g/mol. The molecule has 0 spiro atoms. The van der Waals surface area contributed by atoms with E-state index in [1.54, 1.807) is 12.1 Å². The Hall–Kier alpha value is -3.05. The lowest BCUT2D eigenvalue weighted by Gasteiger charge is -2.41. The number of rotatable bonds is 4. The zero-order valence-electron chi connectivity index (χ0n) is 17.2. The third kappa shape index (κ3) is 3.39. The number of halogens is 1. The molecule has 0 aliphatic carbocycles. The summed E-state index contributed by atoms with van der Waals surface area (Å²) in [5.74, 6) is -0.160. The highest BCUT2D eigenvalue weighted by Crippen LogP contribution is 2.53. The molecule has 0 amide bonds. The molecule has 0 aromatic heterocycles. The Morgan fingerprint density at radius 3 is 2.50 bits per heavy atom. The minimum absolute atomic E-state index is 0.0184. The van der Waals surface area contributed by atoms with Crippen molar-refractivity contribution in [3.05, 3.63) is 100 Å². The Labute approximate surface area is 176 Å². The third-order valence-electron chi connectivity index (χ3n) is 6.01. The minimum atomic E-state index is -0.231. The first kappa shape index (κ1) is 18.9. The molecule has 0 saturated heterocycles. The van der Waals surface area contributed by atoms with Gasteiger partial charge < -0.3 is 10.2 Å². The lowest BCUT2D eigenvalue weighted by atomic mass is 9.74. The van der Waals surface area contributed by atoms with Gasteiger partial charge in [-0.2, -0.15) is 10.2 Å². The van der Waals surface area contributed by atoms with E-state index in [1.807, 2.05) is 18.2 Å². The monoisotopic (exact) mass is 400 g/mol. The van der Waals surface area contributed by atoms with E-state index in [0.717, 1.165) is 28.9 Å². The molecule has 0 bridgehead atoms. The molecule has 3 aromatic carbocycles. The summed E-state index contributed by atoms with van der Waals surface area (Å²) in [5, 5.41) is 12.7. The van der Waals surface area contributed by atoms with Gasteiger partial charge in [-0.3, -0.25) is 0 Å². The lowest BCUT2D eigenvalue weighted by Crippen LogP contribution is -2.31. The molecule has 3 unspecified atom stereocenters. The van der Waals surface area contributed by atoms with Gasteiger partial charge in [-0.15, -0.1) is 0 Å². The second kappa shape index (κ2) is 7.65. The van der Waals surface area contributed by atoms with Crippen LogP contribution >= 0.6 is 0 Å². The highest BCUT2D eigenvalue weighted by atomic mass is 19.1. The maximum atomic E-state index is 14.3. The van der Waals surface area contributed by atoms with Crippen molar-refractivity contribution in [1.29, 1.82) is 0 Å². The zero-order chi connectivity index (χ0) is 20.7. The predicted molar refractivity (Wildman–Crippen MR) is 117 cm³/mol. The van der Waals surface area contributed by atoms with Gasteiger partial charge in [-0.25, -0.2) is 4.39 Å². The summed E-state index contributed by atoms with van der Waals surface area (Å²) < 4.78 is 14.3. The Balaban J connectivity index is 1.63. The summed E-state index contributed by atoms with van der Waals surface area (Å²) >= 11 is 0. The standard InChI is InChI=1S/C25H25FN4/c1-30(2)15-16-8-10-17(11-9-16)23-24(18-6-4-3-5-7-18)28-21-13-20(26)12-19-14-27-29-25(23)22(19)21/h3-13,23-25,28H,14-15H2,1-2H3. The number of nitrogens with one attached hydrogen (secondary N) is 1. The fraction of sp³-hybridized carbons (Fsp3) is 0.280. The molecule has 3 atom stereocenters. The average Bonchev–Trinajstić information content (AvgIpc) is 2.74. The van der Waals surface area contributed by atoms with E-state index < -0.39 is 0 Å². The van der Waals surface area contributed by atoms with Crippen LogP contribution < -0.4 is 5.32 Å². The van der Waals surface area contributed by atoms with Gasteiger partial charge in [0, 0.05) is 23.7 Å². The van der Waals surface area contributed by atoms with E-state index in [2.05, 4.69) is 70.9 Å². The molecular weight excluding hydrogens is 375 g/mol. The summed E-state index contributed by atoms with van der Waals surface area (Å²) in [7, 11) is 4.15. The molecule has 5 rings (SSSR count). The van der Waals surface area contributed by atoms with Gasteiger partial charge in [-0.1, -0.05) is 54.6 Å². The smallest absolute Gasteiger partial charge is 0.125 e. The van der Waals surface area contributed by atoms with Crippen molar-refractivity contribution in [3.63, 3.8) is 0 Å². The van der Waals surface area contributed by atoms with Crippen LogP contribution in [0.25, 0.3) is 0 Å². The second-order valence-electron chi connectivity index (χ2n) is 8.42. The number of azo groups is 1. The van der Waals surface area contributed by atoms with Crippen molar-refractivity contribution >= 4 is 5.69 Å². The van der Waals surface area contributed by atoms with Crippen molar-refractivity contribution in [3.8, 4) is 0 Å². The minimum Gasteiger partial charge on any atom is -0.377 e. The van der Waals surface area contributed by atoms with Crippen LogP contribution in [0.3, 0.4) is 0 Å². The van der Waals surface area contributed by atoms with Crippen LogP contribution in [0, 0.1) is 5.82 Å². The topological polar surface area (TPSA) is 40.0 Å². The van der Waals surface area contributed by atoms with E-state index in [1.165, 1.54) is 11.1 Å². The number of hydrogen-bond donors (Lipinski definition) is 1. The summed E-state index contributed by atoms with van der Waals surface area (Å²) in [5.41, 5.74) is 6.50. The Morgan fingerprint density at radius 2 is 1.77 bits per heavy atom. The highest BCUT2D eigenvalue weighted by molar-refractivity contribution is 5.63. The maximum absolute atomic E-state index is 14.3. The molecule has 30 heavy (non-hydrogen) atoms. The molecule has 4 nitrogen and oxygen atoms in total. The number of anilines is 1. The lowest BCUT2D eigenvalue weighted by molar-refractivity contribution is 0.402. The van der Waals surface area contributed by atoms with Gasteiger partial charge in [0.05, 0.1) is 12.6 Å². The van der Waals surface area contributed by atoms with Crippen LogP contribution in [0.15, 0.2) is 77.0 Å². The van der Waals surface area contributed by atoms with Crippen LogP contribution in [0.5, 0.6) is 0 Å². The van der Waals surface area contributed by atoms with Crippen LogP contribution in [-0.4, -0.2) is 19.0 Å².